The Kier molecular flexibility index (Phi) is 7.12. The number of carbonyl (C=O) groups excluding carboxylic acids is 2. The molecule has 0 spiro atoms. The molecule has 2 heterocycles. The first kappa shape index (κ1) is 23.3. The molecule has 0 aliphatic carbocycles. The van der Waals surface area contributed by atoms with Crippen molar-refractivity contribution >= 4 is 28.9 Å². The number of anilines is 3. The number of Topliss-reactive ketones (excluding diaryl/α,β-unsaturated/α-hetero) is 1. The van der Waals surface area contributed by atoms with Crippen LogP contribution >= 0.6 is 0 Å². The number of halogens is 2. The van der Waals surface area contributed by atoms with E-state index in [0.29, 0.717) is 23.5 Å². The third-order valence-corrected chi connectivity index (χ3v) is 5.63. The summed E-state index contributed by atoms with van der Waals surface area (Å²) in [5.74, 6) is -1.42. The number of nitrogens with one attached hydrogen (secondary N) is 3. The minimum absolute atomic E-state index is 0.0550. The van der Waals surface area contributed by atoms with Crippen molar-refractivity contribution in [3.63, 3.8) is 0 Å². The number of hydrogen-bond acceptors (Lipinski definition) is 6. The van der Waals surface area contributed by atoms with E-state index in [9.17, 15) is 18.4 Å². The van der Waals surface area contributed by atoms with Crippen molar-refractivity contribution in [1.29, 1.82) is 0 Å². The Labute approximate surface area is 195 Å². The van der Waals surface area contributed by atoms with Crippen LogP contribution in [0.4, 0.5) is 26.0 Å². The number of ketones is 1. The zero-order valence-electron chi connectivity index (χ0n) is 18.4. The van der Waals surface area contributed by atoms with Gasteiger partial charge in [0.25, 0.3) is 5.91 Å². The lowest BCUT2D eigenvalue weighted by Crippen LogP contribution is -2.31. The van der Waals surface area contributed by atoms with Crippen LogP contribution in [0.15, 0.2) is 54.7 Å². The second kappa shape index (κ2) is 10.4. The van der Waals surface area contributed by atoms with Gasteiger partial charge in [0.05, 0.1) is 17.3 Å². The number of nitrogens with zero attached hydrogens (tertiary/aromatic N) is 1. The highest BCUT2D eigenvalue weighted by Gasteiger charge is 2.21. The van der Waals surface area contributed by atoms with E-state index in [1.807, 2.05) is 24.3 Å². The third-order valence-electron chi connectivity index (χ3n) is 5.63. The fraction of sp³-hybridized carbons (Fsp3) is 0.240. The molecule has 9 heteroatoms. The largest absolute Gasteiger partial charge is 0.380 e. The molecule has 4 rings (SSSR count). The molecule has 3 aromatic rings. The molecule has 2 aromatic carbocycles. The zero-order chi connectivity index (χ0) is 24.1. The maximum atomic E-state index is 13.5. The average molecular weight is 466 g/mol. The van der Waals surface area contributed by atoms with Crippen LogP contribution in [0.25, 0.3) is 0 Å². The summed E-state index contributed by atoms with van der Waals surface area (Å²) in [6.45, 7) is 0.966. The lowest BCUT2D eigenvalue weighted by atomic mass is 10.0. The van der Waals surface area contributed by atoms with Crippen LogP contribution < -0.4 is 21.7 Å². The number of amides is 1. The van der Waals surface area contributed by atoms with Gasteiger partial charge >= 0.3 is 0 Å². The second-order valence-electron chi connectivity index (χ2n) is 8.22. The molecule has 1 atom stereocenters. The van der Waals surface area contributed by atoms with Crippen LogP contribution in [0.5, 0.6) is 0 Å². The van der Waals surface area contributed by atoms with E-state index < -0.39 is 17.5 Å². The van der Waals surface area contributed by atoms with Crippen molar-refractivity contribution in [3.05, 3.63) is 83.1 Å². The van der Waals surface area contributed by atoms with Crippen LogP contribution in [-0.4, -0.2) is 29.3 Å². The van der Waals surface area contributed by atoms with E-state index >= 15 is 0 Å². The van der Waals surface area contributed by atoms with Crippen molar-refractivity contribution in [2.24, 2.45) is 5.73 Å². The molecule has 1 fully saturated rings. The molecule has 7 nitrogen and oxygen atoms in total. The van der Waals surface area contributed by atoms with Crippen LogP contribution in [0, 0.1) is 11.6 Å². The minimum Gasteiger partial charge on any atom is -0.380 e. The number of carbonyl (C=O) groups is 2. The Hall–Kier alpha value is -3.85. The molecule has 1 aliphatic rings. The highest BCUT2D eigenvalue weighted by Crippen LogP contribution is 2.23. The Bertz CT molecular complexity index is 1170. The lowest BCUT2D eigenvalue weighted by Gasteiger charge is -2.13. The summed E-state index contributed by atoms with van der Waals surface area (Å²) >= 11 is 0. The summed E-state index contributed by atoms with van der Waals surface area (Å²) in [7, 11) is 0. The highest BCUT2D eigenvalue weighted by molar-refractivity contribution is 5.98. The number of pyridine rings is 1. The van der Waals surface area contributed by atoms with Crippen LogP contribution in [-0.2, 0) is 17.8 Å². The van der Waals surface area contributed by atoms with E-state index in [4.69, 9.17) is 5.73 Å². The molecule has 0 unspecified atom stereocenters. The van der Waals surface area contributed by atoms with Gasteiger partial charge in [0.1, 0.15) is 17.5 Å². The van der Waals surface area contributed by atoms with Crippen molar-refractivity contribution in [2.75, 3.05) is 17.2 Å². The number of primary amides is 1. The van der Waals surface area contributed by atoms with Crippen LogP contribution in [0.2, 0.25) is 0 Å². The minimum atomic E-state index is -0.686. The second-order valence-corrected chi connectivity index (χ2v) is 8.22. The van der Waals surface area contributed by atoms with Crippen molar-refractivity contribution in [3.8, 4) is 0 Å². The molecule has 5 N–H and O–H groups in total. The smallest absolute Gasteiger partial charge is 0.252 e. The first-order chi connectivity index (χ1) is 16.4. The molecule has 1 aliphatic heterocycles. The van der Waals surface area contributed by atoms with Gasteiger partial charge in [-0.05, 0) is 54.8 Å². The first-order valence-corrected chi connectivity index (χ1v) is 11.0. The fourth-order valence-corrected chi connectivity index (χ4v) is 3.91. The predicted octanol–water partition coefficient (Wildman–Crippen LogP) is 3.68. The fourth-order valence-electron chi connectivity index (χ4n) is 3.91. The summed E-state index contributed by atoms with van der Waals surface area (Å²) in [4.78, 5) is 28.4. The van der Waals surface area contributed by atoms with Gasteiger partial charge in [0, 0.05) is 37.0 Å². The molecular formula is C25H25F2N5O2. The summed E-state index contributed by atoms with van der Waals surface area (Å²) in [6, 6.07) is 12.2. The molecule has 0 saturated carbocycles. The molecule has 1 amide bonds. The average Bonchev–Trinajstić information content (AvgIpc) is 3.34. The Morgan fingerprint density at radius 1 is 1.06 bits per heavy atom. The van der Waals surface area contributed by atoms with Crippen molar-refractivity contribution in [1.82, 2.24) is 10.3 Å². The van der Waals surface area contributed by atoms with E-state index in [1.165, 1.54) is 18.3 Å². The number of nitrogens with two attached hydrogens (primary N) is 1. The van der Waals surface area contributed by atoms with Gasteiger partial charge in [-0.15, -0.1) is 0 Å². The topological polar surface area (TPSA) is 109 Å². The van der Waals surface area contributed by atoms with Gasteiger partial charge in [0.15, 0.2) is 5.78 Å². The van der Waals surface area contributed by atoms with Gasteiger partial charge < -0.3 is 21.7 Å². The quantitative estimate of drug-likeness (QED) is 0.384. The maximum absolute atomic E-state index is 13.5. The number of hydrogen-bond donors (Lipinski definition) is 4. The monoisotopic (exact) mass is 465 g/mol. The van der Waals surface area contributed by atoms with Crippen LogP contribution in [0.1, 0.15) is 34.3 Å². The van der Waals surface area contributed by atoms with E-state index in [1.54, 1.807) is 6.07 Å². The normalized spacial score (nSPS) is 15.2. The maximum Gasteiger partial charge on any atom is 0.252 e. The Morgan fingerprint density at radius 3 is 2.44 bits per heavy atom. The molecular weight excluding hydrogens is 440 g/mol. The molecule has 1 saturated heterocycles. The van der Waals surface area contributed by atoms with Gasteiger partial charge in [-0.2, -0.15) is 0 Å². The molecule has 34 heavy (non-hydrogen) atoms. The van der Waals surface area contributed by atoms with E-state index in [2.05, 4.69) is 20.9 Å². The van der Waals surface area contributed by atoms with Gasteiger partial charge in [0.2, 0.25) is 0 Å². The number of rotatable bonds is 9. The lowest BCUT2D eigenvalue weighted by molar-refractivity contribution is -0.120. The van der Waals surface area contributed by atoms with Crippen molar-refractivity contribution in [2.45, 2.75) is 31.8 Å². The summed E-state index contributed by atoms with van der Waals surface area (Å²) in [6.07, 6.45) is 3.62. The summed E-state index contributed by atoms with van der Waals surface area (Å²) in [5.41, 5.74) is 8.01. The van der Waals surface area contributed by atoms with Gasteiger partial charge in [-0.3, -0.25) is 9.59 Å². The molecule has 0 bridgehead atoms. The standard InChI is InChI=1S/C25H25F2N5O2/c26-17-8-16(9-18(27)11-17)13-30-22-12-24(31-14-20(22)25(28)34)32-19-5-3-15(4-6-19)10-23(33)21-2-1-7-29-21/h3-6,8-9,11-12,14,21,29H,1-2,7,10,13H2,(H2,28,34)(H2,30,31,32)/t21-/m0/s1. The molecule has 0 radical (unpaired) electrons. The SMILES string of the molecule is NC(=O)c1cnc(Nc2ccc(CC(=O)[C@@H]3CCCN3)cc2)cc1NCc1cc(F)cc(F)c1. The van der Waals surface area contributed by atoms with Crippen molar-refractivity contribution < 1.29 is 18.4 Å². The van der Waals surface area contributed by atoms with E-state index in [-0.39, 0.29) is 23.9 Å². The Balaban J connectivity index is 1.44. The van der Waals surface area contributed by atoms with Crippen LogP contribution in [0.3, 0.4) is 0 Å². The molecule has 1 aromatic heterocycles. The highest BCUT2D eigenvalue weighted by atomic mass is 19.1. The summed E-state index contributed by atoms with van der Waals surface area (Å²) < 4.78 is 26.9. The van der Waals surface area contributed by atoms with E-state index in [0.717, 1.165) is 36.7 Å². The molecule has 176 valence electrons. The summed E-state index contributed by atoms with van der Waals surface area (Å²) in [5, 5.41) is 9.35. The first-order valence-electron chi connectivity index (χ1n) is 11.0. The number of benzene rings is 2. The predicted molar refractivity (Wildman–Crippen MR) is 126 cm³/mol. The zero-order valence-corrected chi connectivity index (χ0v) is 18.4. The Morgan fingerprint density at radius 2 is 1.79 bits per heavy atom. The van der Waals surface area contributed by atoms with Gasteiger partial charge in [-0.1, -0.05) is 12.1 Å². The van der Waals surface area contributed by atoms with Gasteiger partial charge in [-0.25, -0.2) is 13.8 Å². The number of aromatic nitrogens is 1. The third kappa shape index (κ3) is 5.93.